The lowest BCUT2D eigenvalue weighted by Gasteiger charge is -2.09. The van der Waals surface area contributed by atoms with Crippen molar-refractivity contribution in [1.29, 1.82) is 0 Å². The first-order chi connectivity index (χ1) is 12.6. The molecule has 0 aliphatic carbocycles. The number of fused-ring (bicyclic) bond motifs is 1. The number of rotatable bonds is 5. The third-order valence-electron chi connectivity index (χ3n) is 3.88. The SMILES string of the molecule is COc1cc(Cl)c(/C=N\NC(=O)c2ccc3ccccc3c2)cc1OC. The number of hydrogen-bond donors (Lipinski definition) is 1. The molecule has 0 aliphatic heterocycles. The molecule has 3 rings (SSSR count). The second-order valence-corrected chi connectivity index (χ2v) is 5.90. The zero-order valence-electron chi connectivity index (χ0n) is 14.3. The maximum atomic E-state index is 12.3. The number of carbonyl (C=O) groups excluding carboxylic acids is 1. The van der Waals surface area contributed by atoms with E-state index >= 15 is 0 Å². The number of halogens is 1. The minimum Gasteiger partial charge on any atom is -0.493 e. The van der Waals surface area contributed by atoms with Crippen LogP contribution in [0.4, 0.5) is 0 Å². The van der Waals surface area contributed by atoms with Gasteiger partial charge >= 0.3 is 0 Å². The van der Waals surface area contributed by atoms with E-state index in [0.717, 1.165) is 10.8 Å². The van der Waals surface area contributed by atoms with Crippen LogP contribution in [0.2, 0.25) is 5.02 Å². The summed E-state index contributed by atoms with van der Waals surface area (Å²) in [6.07, 6.45) is 1.46. The van der Waals surface area contributed by atoms with Crippen LogP contribution in [-0.2, 0) is 0 Å². The molecule has 1 N–H and O–H groups in total. The number of nitrogens with one attached hydrogen (secondary N) is 1. The lowest BCUT2D eigenvalue weighted by molar-refractivity contribution is 0.0955. The van der Waals surface area contributed by atoms with Crippen molar-refractivity contribution in [2.75, 3.05) is 14.2 Å². The third kappa shape index (κ3) is 3.78. The lowest BCUT2D eigenvalue weighted by Crippen LogP contribution is -2.17. The van der Waals surface area contributed by atoms with Gasteiger partial charge in [0.25, 0.3) is 5.91 Å². The fourth-order valence-electron chi connectivity index (χ4n) is 2.52. The summed E-state index contributed by atoms with van der Waals surface area (Å²) in [5.41, 5.74) is 3.63. The van der Waals surface area contributed by atoms with Crippen molar-refractivity contribution in [3.8, 4) is 11.5 Å². The molecule has 0 saturated carbocycles. The molecule has 6 heteroatoms. The van der Waals surface area contributed by atoms with E-state index < -0.39 is 0 Å². The number of amides is 1. The summed E-state index contributed by atoms with van der Waals surface area (Å²) in [6.45, 7) is 0. The summed E-state index contributed by atoms with van der Waals surface area (Å²) in [5.74, 6) is 0.748. The Bertz CT molecular complexity index is 986. The third-order valence-corrected chi connectivity index (χ3v) is 4.21. The number of nitrogens with zero attached hydrogens (tertiary/aromatic N) is 1. The van der Waals surface area contributed by atoms with Gasteiger partial charge in [0.2, 0.25) is 0 Å². The molecule has 0 aliphatic rings. The van der Waals surface area contributed by atoms with Crippen LogP contribution >= 0.6 is 11.6 Å². The van der Waals surface area contributed by atoms with Crippen LogP contribution in [0.1, 0.15) is 15.9 Å². The Morgan fingerprint density at radius 3 is 2.42 bits per heavy atom. The highest BCUT2D eigenvalue weighted by Crippen LogP contribution is 2.32. The van der Waals surface area contributed by atoms with Gasteiger partial charge in [-0.25, -0.2) is 5.43 Å². The fraction of sp³-hybridized carbons (Fsp3) is 0.100. The molecule has 1 amide bonds. The quantitative estimate of drug-likeness (QED) is 0.540. The first-order valence-corrected chi connectivity index (χ1v) is 8.24. The van der Waals surface area contributed by atoms with E-state index in [1.54, 1.807) is 18.2 Å². The summed E-state index contributed by atoms with van der Waals surface area (Å²) >= 11 is 6.20. The molecule has 0 spiro atoms. The Hall–Kier alpha value is -3.05. The summed E-state index contributed by atoms with van der Waals surface area (Å²) in [7, 11) is 3.07. The van der Waals surface area contributed by atoms with Crippen molar-refractivity contribution >= 4 is 34.5 Å². The molecule has 0 bridgehead atoms. The molecule has 3 aromatic rings. The minimum atomic E-state index is -0.302. The fourth-order valence-corrected chi connectivity index (χ4v) is 2.73. The van der Waals surface area contributed by atoms with Crippen LogP contribution in [-0.4, -0.2) is 26.3 Å². The number of hydrogen-bond acceptors (Lipinski definition) is 4. The van der Waals surface area contributed by atoms with E-state index in [0.29, 0.717) is 27.6 Å². The van der Waals surface area contributed by atoms with E-state index in [2.05, 4.69) is 10.5 Å². The van der Waals surface area contributed by atoms with Gasteiger partial charge in [0, 0.05) is 17.2 Å². The van der Waals surface area contributed by atoms with Crippen molar-refractivity contribution in [3.05, 3.63) is 70.7 Å². The zero-order chi connectivity index (χ0) is 18.5. The largest absolute Gasteiger partial charge is 0.493 e. The molecule has 0 heterocycles. The topological polar surface area (TPSA) is 59.9 Å². The molecular weight excluding hydrogens is 352 g/mol. The smallest absolute Gasteiger partial charge is 0.271 e. The zero-order valence-corrected chi connectivity index (χ0v) is 15.1. The average molecular weight is 369 g/mol. The van der Waals surface area contributed by atoms with Gasteiger partial charge in [0.1, 0.15) is 0 Å². The van der Waals surface area contributed by atoms with Crippen LogP contribution in [0.5, 0.6) is 11.5 Å². The first-order valence-electron chi connectivity index (χ1n) is 7.86. The van der Waals surface area contributed by atoms with Gasteiger partial charge < -0.3 is 9.47 Å². The predicted molar refractivity (Wildman–Crippen MR) is 104 cm³/mol. The molecule has 0 atom stereocenters. The summed E-state index contributed by atoms with van der Waals surface area (Å²) in [5, 5.41) is 6.49. The Kier molecular flexibility index (Phi) is 5.39. The average Bonchev–Trinajstić information content (AvgIpc) is 2.68. The highest BCUT2D eigenvalue weighted by atomic mass is 35.5. The van der Waals surface area contributed by atoms with Crippen molar-refractivity contribution in [2.45, 2.75) is 0 Å². The maximum absolute atomic E-state index is 12.3. The molecule has 0 radical (unpaired) electrons. The normalized spacial score (nSPS) is 10.9. The molecule has 3 aromatic carbocycles. The number of carbonyl (C=O) groups is 1. The van der Waals surface area contributed by atoms with E-state index in [-0.39, 0.29) is 5.91 Å². The van der Waals surface area contributed by atoms with E-state index in [1.165, 1.54) is 20.4 Å². The van der Waals surface area contributed by atoms with Crippen LogP contribution < -0.4 is 14.9 Å². The number of hydrazone groups is 1. The molecule has 0 fully saturated rings. The van der Waals surface area contributed by atoms with Gasteiger partial charge in [-0.15, -0.1) is 0 Å². The molecule has 0 aromatic heterocycles. The second kappa shape index (κ2) is 7.89. The van der Waals surface area contributed by atoms with Crippen molar-refractivity contribution in [3.63, 3.8) is 0 Å². The molecule has 0 saturated heterocycles. The van der Waals surface area contributed by atoms with Crippen LogP contribution in [0.3, 0.4) is 0 Å². The highest BCUT2D eigenvalue weighted by Gasteiger charge is 2.09. The van der Waals surface area contributed by atoms with Gasteiger partial charge in [-0.1, -0.05) is 41.9 Å². The monoisotopic (exact) mass is 368 g/mol. The predicted octanol–water partition coefficient (Wildman–Crippen LogP) is 4.27. The summed E-state index contributed by atoms with van der Waals surface area (Å²) in [4.78, 5) is 12.3. The van der Waals surface area contributed by atoms with Gasteiger partial charge in [-0.3, -0.25) is 4.79 Å². The lowest BCUT2D eigenvalue weighted by atomic mass is 10.1. The molecule has 0 unspecified atom stereocenters. The van der Waals surface area contributed by atoms with Gasteiger partial charge in [-0.05, 0) is 29.0 Å². The maximum Gasteiger partial charge on any atom is 0.271 e. The Morgan fingerprint density at radius 1 is 1.00 bits per heavy atom. The van der Waals surface area contributed by atoms with E-state index in [1.807, 2.05) is 36.4 Å². The van der Waals surface area contributed by atoms with Gasteiger partial charge in [-0.2, -0.15) is 5.10 Å². The first kappa shape index (κ1) is 17.8. The number of ether oxygens (including phenoxy) is 2. The molecule has 26 heavy (non-hydrogen) atoms. The van der Waals surface area contributed by atoms with Crippen LogP contribution in [0.15, 0.2) is 59.7 Å². The van der Waals surface area contributed by atoms with E-state index in [4.69, 9.17) is 21.1 Å². The van der Waals surface area contributed by atoms with Crippen molar-refractivity contribution in [1.82, 2.24) is 5.43 Å². The highest BCUT2D eigenvalue weighted by molar-refractivity contribution is 6.33. The standard InChI is InChI=1S/C20H17ClN2O3/c1-25-18-10-16(17(21)11-19(18)26-2)12-22-23-20(24)15-8-7-13-5-3-4-6-14(13)9-15/h3-12H,1-2H3,(H,23,24)/b22-12-. The number of methoxy groups -OCH3 is 2. The van der Waals surface area contributed by atoms with Crippen LogP contribution in [0.25, 0.3) is 10.8 Å². The summed E-state index contributed by atoms with van der Waals surface area (Å²) in [6, 6.07) is 16.6. The molecule has 132 valence electrons. The molecular formula is C20H17ClN2O3. The van der Waals surface area contributed by atoms with Crippen molar-refractivity contribution < 1.29 is 14.3 Å². The molecule has 5 nitrogen and oxygen atoms in total. The van der Waals surface area contributed by atoms with Crippen LogP contribution in [0, 0.1) is 0 Å². The minimum absolute atomic E-state index is 0.302. The Labute approximate surface area is 156 Å². The Morgan fingerprint density at radius 2 is 1.69 bits per heavy atom. The van der Waals surface area contributed by atoms with Gasteiger partial charge in [0.05, 0.1) is 25.5 Å². The van der Waals surface area contributed by atoms with E-state index in [9.17, 15) is 4.79 Å². The summed E-state index contributed by atoms with van der Waals surface area (Å²) < 4.78 is 10.4. The second-order valence-electron chi connectivity index (χ2n) is 5.49. The number of benzene rings is 3. The van der Waals surface area contributed by atoms with Crippen molar-refractivity contribution in [2.24, 2.45) is 5.10 Å². The Balaban J connectivity index is 1.76. The van der Waals surface area contributed by atoms with Gasteiger partial charge in [0.15, 0.2) is 11.5 Å².